The lowest BCUT2D eigenvalue weighted by molar-refractivity contribution is 0.233. The van der Waals surface area contributed by atoms with Gasteiger partial charge in [-0.25, -0.2) is 0 Å². The van der Waals surface area contributed by atoms with Crippen molar-refractivity contribution in [3.8, 4) is 0 Å². The molecule has 1 saturated heterocycles. The summed E-state index contributed by atoms with van der Waals surface area (Å²) in [5.41, 5.74) is 1.56. The quantitative estimate of drug-likeness (QED) is 0.590. The largest absolute Gasteiger partial charge is 0.316 e. The lowest BCUT2D eigenvalue weighted by Gasteiger charge is -2.41. The van der Waals surface area contributed by atoms with E-state index < -0.39 is 0 Å². The summed E-state index contributed by atoms with van der Waals surface area (Å²) in [7, 11) is 0. The van der Waals surface area contributed by atoms with Gasteiger partial charge in [-0.15, -0.1) is 0 Å². The van der Waals surface area contributed by atoms with Gasteiger partial charge in [0.1, 0.15) is 0 Å². The van der Waals surface area contributed by atoms with Crippen molar-refractivity contribution in [2.45, 2.75) is 6.42 Å². The van der Waals surface area contributed by atoms with Crippen molar-refractivity contribution >= 4 is 0 Å². The molecule has 68 valence electrons. The van der Waals surface area contributed by atoms with Crippen LogP contribution in [0.4, 0.5) is 0 Å². The Kier molecular flexibility index (Phi) is 1.66. The van der Waals surface area contributed by atoms with Crippen LogP contribution in [0.5, 0.6) is 0 Å². The molecular weight excluding hydrogens is 158 g/mol. The van der Waals surface area contributed by atoms with E-state index in [1.165, 1.54) is 19.5 Å². The van der Waals surface area contributed by atoms with Gasteiger partial charge in [0.15, 0.2) is 0 Å². The number of nitrogens with one attached hydrogen (secondary N) is 1. The molecule has 1 fully saturated rings. The van der Waals surface area contributed by atoms with E-state index in [0.717, 1.165) is 17.8 Å². The highest BCUT2D eigenvalue weighted by Crippen LogP contribution is 2.39. The molecule has 3 rings (SSSR count). The number of hydrogen-bond donors (Lipinski definition) is 1. The van der Waals surface area contributed by atoms with Crippen molar-refractivity contribution in [2.24, 2.45) is 17.8 Å². The van der Waals surface area contributed by atoms with Crippen molar-refractivity contribution < 1.29 is 0 Å². The lowest BCUT2D eigenvalue weighted by Crippen LogP contribution is -2.44. The molecule has 1 N–H and O–H groups in total. The number of piperidine rings is 1. The summed E-state index contributed by atoms with van der Waals surface area (Å²) in [6.07, 6.45) is 12.8. The fraction of sp³-hybridized carbons (Fsp3) is 0.500. The molecule has 1 aliphatic heterocycles. The van der Waals surface area contributed by atoms with Crippen molar-refractivity contribution in [3.63, 3.8) is 0 Å². The molecule has 3 unspecified atom stereocenters. The summed E-state index contributed by atoms with van der Waals surface area (Å²) in [6, 6.07) is 0. The second-order valence-electron chi connectivity index (χ2n) is 4.30. The van der Waals surface area contributed by atoms with Crippen LogP contribution in [-0.2, 0) is 0 Å². The van der Waals surface area contributed by atoms with Gasteiger partial charge in [0, 0.05) is 6.54 Å². The molecule has 1 heterocycles. The summed E-state index contributed by atoms with van der Waals surface area (Å²) in [5.74, 6) is 2.42. The topological polar surface area (TPSA) is 12.0 Å². The van der Waals surface area contributed by atoms with E-state index in [-0.39, 0.29) is 0 Å². The summed E-state index contributed by atoms with van der Waals surface area (Å²) < 4.78 is 0. The zero-order valence-electron chi connectivity index (χ0n) is 7.74. The van der Waals surface area contributed by atoms with Crippen LogP contribution in [0.1, 0.15) is 6.42 Å². The molecular formula is C12H15N. The monoisotopic (exact) mass is 173 g/mol. The van der Waals surface area contributed by atoms with E-state index >= 15 is 0 Å². The van der Waals surface area contributed by atoms with Crippen LogP contribution in [0.3, 0.4) is 0 Å². The van der Waals surface area contributed by atoms with Gasteiger partial charge in [-0.05, 0) is 36.3 Å². The average Bonchev–Trinajstić information content (AvgIpc) is 2.19. The third-order valence-electron chi connectivity index (χ3n) is 3.54. The Morgan fingerprint density at radius 3 is 3.31 bits per heavy atom. The normalized spacial score (nSPS) is 41.2. The first-order valence-corrected chi connectivity index (χ1v) is 5.21. The van der Waals surface area contributed by atoms with Crippen molar-refractivity contribution in [2.75, 3.05) is 13.1 Å². The minimum atomic E-state index is 0.753. The Balaban J connectivity index is 2.01. The number of allylic oxidation sites excluding steroid dienone is 5. The van der Waals surface area contributed by atoms with Crippen molar-refractivity contribution in [1.82, 2.24) is 5.32 Å². The first kappa shape index (κ1) is 7.57. The lowest BCUT2D eigenvalue weighted by atomic mass is 9.68. The third-order valence-corrected chi connectivity index (χ3v) is 3.54. The molecule has 1 heteroatoms. The van der Waals surface area contributed by atoms with Crippen molar-refractivity contribution in [3.05, 3.63) is 36.0 Å². The first-order valence-electron chi connectivity index (χ1n) is 5.21. The van der Waals surface area contributed by atoms with E-state index in [1.807, 2.05) is 0 Å². The van der Waals surface area contributed by atoms with Crippen LogP contribution in [0.25, 0.3) is 0 Å². The summed E-state index contributed by atoms with van der Waals surface area (Å²) in [4.78, 5) is 0. The predicted octanol–water partition coefficient (Wildman–Crippen LogP) is 1.89. The van der Waals surface area contributed by atoms with E-state index in [2.05, 4.69) is 35.7 Å². The van der Waals surface area contributed by atoms with Crippen LogP contribution >= 0.6 is 0 Å². The van der Waals surface area contributed by atoms with Crippen LogP contribution in [-0.4, -0.2) is 13.1 Å². The van der Waals surface area contributed by atoms with Crippen LogP contribution in [0, 0.1) is 17.8 Å². The minimum absolute atomic E-state index is 0.753. The Hall–Kier alpha value is -0.820. The molecule has 0 saturated carbocycles. The first-order chi connectivity index (χ1) is 6.45. The maximum atomic E-state index is 3.53. The molecule has 3 atom stereocenters. The van der Waals surface area contributed by atoms with Crippen LogP contribution < -0.4 is 5.32 Å². The predicted molar refractivity (Wildman–Crippen MR) is 54.3 cm³/mol. The molecule has 0 aromatic carbocycles. The van der Waals surface area contributed by atoms with Crippen LogP contribution in [0.15, 0.2) is 36.0 Å². The van der Waals surface area contributed by atoms with Crippen molar-refractivity contribution in [1.29, 1.82) is 0 Å². The maximum absolute atomic E-state index is 3.53. The van der Waals surface area contributed by atoms with Gasteiger partial charge in [0.25, 0.3) is 0 Å². The molecule has 3 aliphatic rings. The van der Waals surface area contributed by atoms with Crippen LogP contribution in [0.2, 0.25) is 0 Å². The zero-order valence-corrected chi connectivity index (χ0v) is 7.74. The summed E-state index contributed by atoms with van der Waals surface area (Å²) in [5, 5.41) is 3.53. The van der Waals surface area contributed by atoms with E-state index in [1.54, 1.807) is 5.57 Å². The summed E-state index contributed by atoms with van der Waals surface area (Å²) in [6.45, 7) is 2.37. The van der Waals surface area contributed by atoms with Gasteiger partial charge in [-0.3, -0.25) is 0 Å². The maximum Gasteiger partial charge on any atom is 0.00204 e. The Labute approximate surface area is 79.2 Å². The molecule has 0 bridgehead atoms. The summed E-state index contributed by atoms with van der Waals surface area (Å²) >= 11 is 0. The molecule has 0 aromatic rings. The van der Waals surface area contributed by atoms with Gasteiger partial charge in [0.2, 0.25) is 0 Å². The van der Waals surface area contributed by atoms with Gasteiger partial charge in [-0.1, -0.05) is 30.4 Å². The van der Waals surface area contributed by atoms with E-state index in [0.29, 0.717) is 0 Å². The Morgan fingerprint density at radius 1 is 1.31 bits per heavy atom. The van der Waals surface area contributed by atoms with Gasteiger partial charge in [0.05, 0.1) is 0 Å². The molecule has 1 nitrogen and oxygen atoms in total. The standard InChI is InChI=1S/C12H15N/c1-3-9-4-2-6-11-8-13-7-10(5-1)12(9)11/h1-5,10-13H,6-8H2. The second kappa shape index (κ2) is 2.85. The van der Waals surface area contributed by atoms with E-state index in [9.17, 15) is 0 Å². The fourth-order valence-corrected chi connectivity index (χ4v) is 2.94. The van der Waals surface area contributed by atoms with Gasteiger partial charge < -0.3 is 5.32 Å². The minimum Gasteiger partial charge on any atom is -0.316 e. The highest BCUT2D eigenvalue weighted by Gasteiger charge is 2.35. The highest BCUT2D eigenvalue weighted by molar-refractivity contribution is 5.35. The fourth-order valence-electron chi connectivity index (χ4n) is 2.94. The molecule has 0 spiro atoms. The zero-order chi connectivity index (χ0) is 8.67. The smallest absolute Gasteiger partial charge is 0.00204 e. The van der Waals surface area contributed by atoms with E-state index in [4.69, 9.17) is 0 Å². The SMILES string of the molecule is C1=CC2CNCC3CC=CC(=C1)C23. The third kappa shape index (κ3) is 1.11. The second-order valence-corrected chi connectivity index (χ2v) is 4.30. The number of hydrogen-bond acceptors (Lipinski definition) is 1. The number of rotatable bonds is 0. The molecule has 13 heavy (non-hydrogen) atoms. The average molecular weight is 173 g/mol. The molecule has 0 amide bonds. The van der Waals surface area contributed by atoms with Gasteiger partial charge in [-0.2, -0.15) is 0 Å². The Morgan fingerprint density at radius 2 is 2.31 bits per heavy atom. The molecule has 0 radical (unpaired) electrons. The molecule has 0 aromatic heterocycles. The highest BCUT2D eigenvalue weighted by atomic mass is 14.9. The Bertz CT molecular complexity index is 298. The van der Waals surface area contributed by atoms with Gasteiger partial charge >= 0.3 is 0 Å². The molecule has 2 aliphatic carbocycles.